The summed E-state index contributed by atoms with van der Waals surface area (Å²) in [6, 6.07) is 10.7. The van der Waals surface area contributed by atoms with E-state index in [4.69, 9.17) is 14.2 Å². The van der Waals surface area contributed by atoms with Gasteiger partial charge in [0.2, 0.25) is 5.75 Å². The van der Waals surface area contributed by atoms with Gasteiger partial charge in [-0.15, -0.1) is 0 Å². The van der Waals surface area contributed by atoms with E-state index in [1.165, 1.54) is 39.7 Å². The molecule has 148 valence electrons. The molecule has 0 aliphatic carbocycles. The molecule has 0 atom stereocenters. The number of carbonyl (C=O) groups is 2. The Bertz CT molecular complexity index is 838. The summed E-state index contributed by atoms with van der Waals surface area (Å²) in [5.41, 5.74) is 4.62. The lowest BCUT2D eigenvalue weighted by molar-refractivity contribution is -0.120. The summed E-state index contributed by atoms with van der Waals surface area (Å²) in [6.07, 6.45) is 1.53. The summed E-state index contributed by atoms with van der Waals surface area (Å²) < 4.78 is 15.6. The number of carbonyl (C=O) groups excluding carboxylic acids is 2. The van der Waals surface area contributed by atoms with Gasteiger partial charge in [-0.2, -0.15) is 5.10 Å². The van der Waals surface area contributed by atoms with Gasteiger partial charge in [-0.25, -0.2) is 5.43 Å². The molecule has 8 heteroatoms. The fourth-order valence-corrected chi connectivity index (χ4v) is 2.35. The number of ether oxygens (including phenoxy) is 3. The van der Waals surface area contributed by atoms with Crippen molar-refractivity contribution in [2.75, 3.05) is 27.9 Å². The van der Waals surface area contributed by atoms with Crippen LogP contribution >= 0.6 is 0 Å². The minimum Gasteiger partial charge on any atom is -0.493 e. The summed E-state index contributed by atoms with van der Waals surface area (Å²) >= 11 is 0. The Morgan fingerprint density at radius 3 is 2.14 bits per heavy atom. The first-order chi connectivity index (χ1) is 13.5. The van der Waals surface area contributed by atoms with Gasteiger partial charge in [0.25, 0.3) is 11.8 Å². The van der Waals surface area contributed by atoms with Crippen LogP contribution in [0.15, 0.2) is 41.5 Å². The van der Waals surface area contributed by atoms with E-state index in [2.05, 4.69) is 15.8 Å². The quantitative estimate of drug-likeness (QED) is 0.534. The molecule has 0 bridgehead atoms. The monoisotopic (exact) mass is 385 g/mol. The van der Waals surface area contributed by atoms with E-state index in [-0.39, 0.29) is 12.1 Å². The van der Waals surface area contributed by atoms with Crippen LogP contribution in [0.4, 0.5) is 0 Å². The normalized spacial score (nSPS) is 10.4. The Morgan fingerprint density at radius 1 is 1.00 bits per heavy atom. The number of aryl methyl sites for hydroxylation is 1. The zero-order valence-corrected chi connectivity index (χ0v) is 16.2. The summed E-state index contributed by atoms with van der Waals surface area (Å²) in [7, 11) is 4.39. The van der Waals surface area contributed by atoms with E-state index in [1.54, 1.807) is 0 Å². The molecule has 0 spiro atoms. The molecule has 0 saturated heterocycles. The fraction of sp³-hybridized carbons (Fsp3) is 0.250. The van der Waals surface area contributed by atoms with Gasteiger partial charge in [0.15, 0.2) is 11.5 Å². The van der Waals surface area contributed by atoms with Crippen LogP contribution in [0.25, 0.3) is 0 Å². The smallest absolute Gasteiger partial charge is 0.259 e. The fourth-order valence-electron chi connectivity index (χ4n) is 2.35. The SMILES string of the molecule is COc1cc(C(=O)NCC(=O)N/N=C\c2ccc(C)cc2)cc(OC)c1OC. The van der Waals surface area contributed by atoms with E-state index in [0.29, 0.717) is 17.2 Å². The average molecular weight is 385 g/mol. The van der Waals surface area contributed by atoms with Crippen molar-refractivity contribution in [2.45, 2.75) is 6.92 Å². The second kappa shape index (κ2) is 9.96. The van der Waals surface area contributed by atoms with Crippen LogP contribution in [0.5, 0.6) is 17.2 Å². The second-order valence-electron chi connectivity index (χ2n) is 5.80. The van der Waals surface area contributed by atoms with Crippen LogP contribution in [0.1, 0.15) is 21.5 Å². The molecular formula is C20H23N3O5. The predicted molar refractivity (Wildman–Crippen MR) is 105 cm³/mol. The van der Waals surface area contributed by atoms with Crippen molar-refractivity contribution in [3.63, 3.8) is 0 Å². The summed E-state index contributed by atoms with van der Waals surface area (Å²) in [5.74, 6) is 0.157. The van der Waals surface area contributed by atoms with Gasteiger partial charge in [-0.1, -0.05) is 29.8 Å². The van der Waals surface area contributed by atoms with Crippen molar-refractivity contribution >= 4 is 18.0 Å². The minimum absolute atomic E-state index is 0.235. The van der Waals surface area contributed by atoms with Crippen LogP contribution in [-0.2, 0) is 4.79 Å². The first-order valence-corrected chi connectivity index (χ1v) is 8.45. The number of hydrazone groups is 1. The van der Waals surface area contributed by atoms with Crippen LogP contribution < -0.4 is 25.0 Å². The minimum atomic E-state index is -0.461. The van der Waals surface area contributed by atoms with Crippen LogP contribution in [-0.4, -0.2) is 45.9 Å². The van der Waals surface area contributed by atoms with E-state index in [0.717, 1.165) is 11.1 Å². The molecule has 2 amide bonds. The molecule has 0 unspecified atom stereocenters. The van der Waals surface area contributed by atoms with Gasteiger partial charge in [-0.3, -0.25) is 9.59 Å². The summed E-state index contributed by atoms with van der Waals surface area (Å²) in [5, 5.41) is 6.39. The number of hydrogen-bond donors (Lipinski definition) is 2. The molecule has 0 aromatic heterocycles. The number of methoxy groups -OCH3 is 3. The van der Waals surface area contributed by atoms with Crippen molar-refractivity contribution < 1.29 is 23.8 Å². The third-order valence-corrected chi connectivity index (χ3v) is 3.82. The zero-order valence-electron chi connectivity index (χ0n) is 16.2. The van der Waals surface area contributed by atoms with Crippen LogP contribution in [0.3, 0.4) is 0 Å². The molecule has 8 nitrogen and oxygen atoms in total. The standard InChI is InChI=1S/C20H23N3O5/c1-13-5-7-14(8-6-13)11-22-23-18(24)12-21-20(25)15-9-16(26-2)19(28-4)17(10-15)27-3/h5-11H,12H2,1-4H3,(H,21,25)(H,23,24)/b22-11-. The van der Waals surface area contributed by atoms with E-state index in [9.17, 15) is 9.59 Å². The van der Waals surface area contributed by atoms with Crippen molar-refractivity contribution in [3.05, 3.63) is 53.1 Å². The number of nitrogens with zero attached hydrogens (tertiary/aromatic N) is 1. The third-order valence-electron chi connectivity index (χ3n) is 3.82. The summed E-state index contributed by atoms with van der Waals surface area (Å²) in [6.45, 7) is 1.75. The lowest BCUT2D eigenvalue weighted by atomic mass is 10.1. The topological polar surface area (TPSA) is 98.2 Å². The number of nitrogens with one attached hydrogen (secondary N) is 2. The lowest BCUT2D eigenvalue weighted by Crippen LogP contribution is -2.34. The maximum Gasteiger partial charge on any atom is 0.259 e. The van der Waals surface area contributed by atoms with Gasteiger partial charge >= 0.3 is 0 Å². The van der Waals surface area contributed by atoms with Gasteiger partial charge in [0, 0.05) is 5.56 Å². The van der Waals surface area contributed by atoms with Gasteiger partial charge < -0.3 is 19.5 Å². The van der Waals surface area contributed by atoms with Crippen molar-refractivity contribution in [3.8, 4) is 17.2 Å². The molecule has 0 fully saturated rings. The average Bonchev–Trinajstić information content (AvgIpc) is 2.72. The van der Waals surface area contributed by atoms with E-state index in [1.807, 2.05) is 31.2 Å². The highest BCUT2D eigenvalue weighted by Gasteiger charge is 2.17. The summed E-state index contributed by atoms with van der Waals surface area (Å²) in [4.78, 5) is 24.2. The molecule has 0 heterocycles. The zero-order chi connectivity index (χ0) is 20.5. The number of benzene rings is 2. The van der Waals surface area contributed by atoms with Crippen molar-refractivity contribution in [2.24, 2.45) is 5.10 Å². The van der Waals surface area contributed by atoms with E-state index < -0.39 is 11.8 Å². The lowest BCUT2D eigenvalue weighted by Gasteiger charge is -2.14. The maximum absolute atomic E-state index is 12.3. The Labute approximate surface area is 163 Å². The molecule has 2 N–H and O–H groups in total. The molecule has 28 heavy (non-hydrogen) atoms. The highest BCUT2D eigenvalue weighted by molar-refractivity contribution is 5.97. The van der Waals surface area contributed by atoms with Gasteiger partial charge in [0.05, 0.1) is 34.1 Å². The highest BCUT2D eigenvalue weighted by Crippen LogP contribution is 2.38. The number of rotatable bonds is 8. The number of amides is 2. The Morgan fingerprint density at radius 2 is 1.61 bits per heavy atom. The van der Waals surface area contributed by atoms with Crippen molar-refractivity contribution in [1.29, 1.82) is 0 Å². The highest BCUT2D eigenvalue weighted by atomic mass is 16.5. The molecular weight excluding hydrogens is 362 g/mol. The first kappa shape index (κ1) is 20.8. The molecule has 2 rings (SSSR count). The Kier molecular flexibility index (Phi) is 7.38. The number of hydrogen-bond acceptors (Lipinski definition) is 6. The predicted octanol–water partition coefficient (Wildman–Crippen LogP) is 1.90. The molecule has 0 saturated carbocycles. The molecule has 0 aliphatic rings. The molecule has 0 radical (unpaired) electrons. The Balaban J connectivity index is 1.94. The van der Waals surface area contributed by atoms with Crippen LogP contribution in [0.2, 0.25) is 0 Å². The largest absolute Gasteiger partial charge is 0.493 e. The third kappa shape index (κ3) is 5.47. The van der Waals surface area contributed by atoms with Crippen molar-refractivity contribution in [1.82, 2.24) is 10.7 Å². The Hall–Kier alpha value is -3.55. The maximum atomic E-state index is 12.3. The van der Waals surface area contributed by atoms with Crippen LogP contribution in [0, 0.1) is 6.92 Å². The second-order valence-corrected chi connectivity index (χ2v) is 5.80. The van der Waals surface area contributed by atoms with Gasteiger partial charge in [-0.05, 0) is 24.6 Å². The molecule has 2 aromatic rings. The molecule has 2 aromatic carbocycles. The van der Waals surface area contributed by atoms with Gasteiger partial charge in [0.1, 0.15) is 0 Å². The molecule has 0 aliphatic heterocycles. The first-order valence-electron chi connectivity index (χ1n) is 8.45. The van der Waals surface area contributed by atoms with E-state index >= 15 is 0 Å².